The molecule has 0 bridgehead atoms. The number of anilines is 1. The average Bonchev–Trinajstić information content (AvgIpc) is 3.14. The van der Waals surface area contributed by atoms with Crippen LogP contribution in [0.1, 0.15) is 27.9 Å². The van der Waals surface area contributed by atoms with Crippen LogP contribution in [0.5, 0.6) is 5.75 Å². The van der Waals surface area contributed by atoms with Gasteiger partial charge < -0.3 is 14.8 Å². The molecule has 1 aromatic heterocycles. The number of aryl methyl sites for hydroxylation is 2. The van der Waals surface area contributed by atoms with Gasteiger partial charge in [0.2, 0.25) is 0 Å². The Morgan fingerprint density at radius 3 is 2.52 bits per heavy atom. The van der Waals surface area contributed by atoms with E-state index in [1.165, 1.54) is 11.3 Å². The summed E-state index contributed by atoms with van der Waals surface area (Å²) in [6.45, 7) is 3.40. The molecule has 3 aromatic rings. The van der Waals surface area contributed by atoms with Gasteiger partial charge in [0.05, 0.1) is 12.8 Å². The molecule has 7 heteroatoms. The maximum atomic E-state index is 12.4. The summed E-state index contributed by atoms with van der Waals surface area (Å²) < 4.78 is 10.4. The van der Waals surface area contributed by atoms with Gasteiger partial charge in [0, 0.05) is 11.3 Å². The van der Waals surface area contributed by atoms with Gasteiger partial charge in [-0.05, 0) is 49.2 Å². The number of hydrogen-bond acceptors (Lipinski definition) is 6. The van der Waals surface area contributed by atoms with Crippen molar-refractivity contribution in [3.8, 4) is 16.3 Å². The van der Waals surface area contributed by atoms with E-state index in [0.29, 0.717) is 15.6 Å². The summed E-state index contributed by atoms with van der Waals surface area (Å²) in [5, 5.41) is 3.49. The largest absolute Gasteiger partial charge is 0.497 e. The van der Waals surface area contributed by atoms with Crippen LogP contribution in [0.25, 0.3) is 10.6 Å². The first kappa shape index (κ1) is 20.5. The molecule has 0 saturated carbocycles. The number of methoxy groups -OCH3 is 1. The number of nitrogens with zero attached hydrogens (tertiary/aromatic N) is 1. The molecule has 0 fully saturated rings. The van der Waals surface area contributed by atoms with Crippen molar-refractivity contribution in [2.75, 3.05) is 19.0 Å². The predicted molar refractivity (Wildman–Crippen MR) is 114 cm³/mol. The molecule has 0 aliphatic heterocycles. The second-order valence-corrected chi connectivity index (χ2v) is 7.30. The standard InChI is InChI=1S/C22H22N2O4S/c1-4-15-7-5-6-8-18(15)24-19(25)13-28-22(26)20-14(2)23-21(29-20)16-9-11-17(27-3)12-10-16/h5-12H,4,13H2,1-3H3,(H,24,25). The number of hydrogen-bond donors (Lipinski definition) is 1. The van der Waals surface area contributed by atoms with Crippen LogP contribution in [0, 0.1) is 6.92 Å². The lowest BCUT2D eigenvalue weighted by atomic mass is 10.1. The lowest BCUT2D eigenvalue weighted by Crippen LogP contribution is -2.21. The summed E-state index contributed by atoms with van der Waals surface area (Å²) in [5.74, 6) is -0.187. The maximum Gasteiger partial charge on any atom is 0.350 e. The zero-order valence-corrected chi connectivity index (χ0v) is 17.3. The number of carbonyl (C=O) groups excluding carboxylic acids is 2. The van der Waals surface area contributed by atoms with E-state index in [1.54, 1.807) is 14.0 Å². The number of benzene rings is 2. The molecule has 150 valence electrons. The van der Waals surface area contributed by atoms with Gasteiger partial charge in [0.15, 0.2) is 6.61 Å². The highest BCUT2D eigenvalue weighted by Gasteiger charge is 2.19. The van der Waals surface area contributed by atoms with Crippen LogP contribution in [0.15, 0.2) is 48.5 Å². The van der Waals surface area contributed by atoms with Gasteiger partial charge in [-0.15, -0.1) is 11.3 Å². The highest BCUT2D eigenvalue weighted by atomic mass is 32.1. The van der Waals surface area contributed by atoms with E-state index in [1.807, 2.05) is 55.5 Å². The van der Waals surface area contributed by atoms with Crippen LogP contribution >= 0.6 is 11.3 Å². The minimum atomic E-state index is -0.557. The zero-order chi connectivity index (χ0) is 20.8. The first-order chi connectivity index (χ1) is 14.0. The summed E-state index contributed by atoms with van der Waals surface area (Å²) in [4.78, 5) is 29.5. The van der Waals surface area contributed by atoms with Gasteiger partial charge in [-0.2, -0.15) is 0 Å². The second kappa shape index (κ2) is 9.34. The van der Waals surface area contributed by atoms with Crippen molar-refractivity contribution in [1.82, 2.24) is 4.98 Å². The number of esters is 1. The molecule has 29 heavy (non-hydrogen) atoms. The highest BCUT2D eigenvalue weighted by Crippen LogP contribution is 2.29. The number of rotatable bonds is 7. The van der Waals surface area contributed by atoms with Crippen molar-refractivity contribution in [3.05, 3.63) is 64.7 Å². The summed E-state index contributed by atoms with van der Waals surface area (Å²) in [6, 6.07) is 15.0. The Hall–Kier alpha value is -3.19. The molecule has 1 heterocycles. The molecule has 0 aliphatic carbocycles. The van der Waals surface area contributed by atoms with E-state index < -0.39 is 5.97 Å². The SMILES string of the molecule is CCc1ccccc1NC(=O)COC(=O)c1sc(-c2ccc(OC)cc2)nc1C. The molecule has 6 nitrogen and oxygen atoms in total. The van der Waals surface area contributed by atoms with Gasteiger partial charge in [0.1, 0.15) is 15.6 Å². The van der Waals surface area contributed by atoms with Crippen LogP contribution in [-0.4, -0.2) is 30.6 Å². The fraction of sp³-hybridized carbons (Fsp3) is 0.227. The van der Waals surface area contributed by atoms with E-state index in [0.717, 1.165) is 29.0 Å². The summed E-state index contributed by atoms with van der Waals surface area (Å²) in [6.07, 6.45) is 0.796. The van der Waals surface area contributed by atoms with E-state index in [9.17, 15) is 9.59 Å². The smallest absolute Gasteiger partial charge is 0.350 e. The van der Waals surface area contributed by atoms with E-state index in [-0.39, 0.29) is 12.5 Å². The van der Waals surface area contributed by atoms with Crippen molar-refractivity contribution in [1.29, 1.82) is 0 Å². The minimum Gasteiger partial charge on any atom is -0.497 e. The Balaban J connectivity index is 1.63. The van der Waals surface area contributed by atoms with Crippen molar-refractivity contribution >= 4 is 28.9 Å². The number of ether oxygens (including phenoxy) is 2. The topological polar surface area (TPSA) is 77.5 Å². The molecule has 1 N–H and O–H groups in total. The normalized spacial score (nSPS) is 10.4. The van der Waals surface area contributed by atoms with Crippen molar-refractivity contribution < 1.29 is 19.1 Å². The predicted octanol–water partition coefficient (Wildman–Crippen LogP) is 4.49. The van der Waals surface area contributed by atoms with Gasteiger partial charge in [-0.1, -0.05) is 25.1 Å². The first-order valence-electron chi connectivity index (χ1n) is 9.18. The van der Waals surface area contributed by atoms with Crippen molar-refractivity contribution in [2.45, 2.75) is 20.3 Å². The monoisotopic (exact) mass is 410 g/mol. The van der Waals surface area contributed by atoms with E-state index in [4.69, 9.17) is 9.47 Å². The highest BCUT2D eigenvalue weighted by molar-refractivity contribution is 7.17. The van der Waals surface area contributed by atoms with Crippen LogP contribution < -0.4 is 10.1 Å². The molecule has 0 unspecified atom stereocenters. The fourth-order valence-corrected chi connectivity index (χ4v) is 3.74. The van der Waals surface area contributed by atoms with Crippen molar-refractivity contribution in [2.24, 2.45) is 0 Å². The molecule has 3 rings (SSSR count). The maximum absolute atomic E-state index is 12.4. The third kappa shape index (κ3) is 5.00. The number of para-hydroxylation sites is 1. The van der Waals surface area contributed by atoms with Crippen LogP contribution in [0.4, 0.5) is 5.69 Å². The van der Waals surface area contributed by atoms with Crippen LogP contribution in [-0.2, 0) is 16.0 Å². The molecular weight excluding hydrogens is 388 g/mol. The summed E-state index contributed by atoms with van der Waals surface area (Å²) in [5.41, 5.74) is 3.20. The third-order valence-electron chi connectivity index (χ3n) is 4.33. The van der Waals surface area contributed by atoms with Gasteiger partial charge in [-0.3, -0.25) is 4.79 Å². The molecule has 0 aliphatic rings. The van der Waals surface area contributed by atoms with Gasteiger partial charge in [0.25, 0.3) is 5.91 Å². The molecule has 0 atom stereocenters. The molecule has 1 amide bonds. The second-order valence-electron chi connectivity index (χ2n) is 6.30. The van der Waals surface area contributed by atoms with Crippen LogP contribution in [0.3, 0.4) is 0 Å². The van der Waals surface area contributed by atoms with Crippen LogP contribution in [0.2, 0.25) is 0 Å². The number of carbonyl (C=O) groups is 2. The molecule has 2 aromatic carbocycles. The van der Waals surface area contributed by atoms with Gasteiger partial charge >= 0.3 is 5.97 Å². The first-order valence-corrected chi connectivity index (χ1v) is 10.00. The average molecular weight is 410 g/mol. The van der Waals surface area contributed by atoms with Gasteiger partial charge in [-0.25, -0.2) is 9.78 Å². The Kier molecular flexibility index (Phi) is 6.61. The molecule has 0 spiro atoms. The lowest BCUT2D eigenvalue weighted by molar-refractivity contribution is -0.119. The van der Waals surface area contributed by atoms with E-state index in [2.05, 4.69) is 10.3 Å². The Morgan fingerprint density at radius 2 is 1.83 bits per heavy atom. The zero-order valence-electron chi connectivity index (χ0n) is 16.5. The third-order valence-corrected chi connectivity index (χ3v) is 5.51. The summed E-state index contributed by atoms with van der Waals surface area (Å²) >= 11 is 1.24. The number of aromatic nitrogens is 1. The Bertz CT molecular complexity index is 1010. The molecular formula is C22H22N2O4S. The lowest BCUT2D eigenvalue weighted by Gasteiger charge is -2.09. The Morgan fingerprint density at radius 1 is 1.10 bits per heavy atom. The molecule has 0 radical (unpaired) electrons. The summed E-state index contributed by atoms with van der Waals surface area (Å²) in [7, 11) is 1.60. The quantitative estimate of drug-likeness (QED) is 0.581. The molecule has 0 saturated heterocycles. The van der Waals surface area contributed by atoms with E-state index >= 15 is 0 Å². The number of nitrogens with one attached hydrogen (secondary N) is 1. The minimum absolute atomic E-state index is 0.355. The Labute approximate surface area is 173 Å². The number of amides is 1. The number of thiazole rings is 1. The van der Waals surface area contributed by atoms with Crippen molar-refractivity contribution in [3.63, 3.8) is 0 Å². The fourth-order valence-electron chi connectivity index (χ4n) is 2.78.